The molecule has 1 amide bonds. The third-order valence-electron chi connectivity index (χ3n) is 5.76. The molecular formula is C24H31F3N2O2. The predicted octanol–water partition coefficient (Wildman–Crippen LogP) is 6.31. The van der Waals surface area contributed by atoms with Gasteiger partial charge in [-0.3, -0.25) is 10.2 Å². The molecule has 0 saturated carbocycles. The van der Waals surface area contributed by atoms with Crippen LogP contribution in [0, 0.1) is 0 Å². The van der Waals surface area contributed by atoms with Crippen molar-refractivity contribution in [1.82, 2.24) is 10.4 Å². The minimum Gasteiger partial charge on any atom is -0.494 e. The van der Waals surface area contributed by atoms with Crippen molar-refractivity contribution in [2.75, 3.05) is 6.61 Å². The van der Waals surface area contributed by atoms with Crippen LogP contribution in [0.25, 0.3) is 10.8 Å². The lowest BCUT2D eigenvalue weighted by atomic mass is 9.93. The fraction of sp³-hybridized carbons (Fsp3) is 0.542. The molecule has 1 saturated heterocycles. The molecule has 4 nitrogen and oxygen atoms in total. The van der Waals surface area contributed by atoms with Gasteiger partial charge in [-0.05, 0) is 48.7 Å². The first kappa shape index (κ1) is 23.4. The Labute approximate surface area is 181 Å². The summed E-state index contributed by atoms with van der Waals surface area (Å²) in [5.41, 5.74) is 1.58. The smallest absolute Gasteiger partial charge is 0.409 e. The molecule has 1 heterocycles. The van der Waals surface area contributed by atoms with Crippen molar-refractivity contribution in [2.45, 2.75) is 77.1 Å². The maximum Gasteiger partial charge on any atom is 0.409 e. The van der Waals surface area contributed by atoms with Crippen molar-refractivity contribution in [1.29, 1.82) is 0 Å². The number of amides is 1. The van der Waals surface area contributed by atoms with E-state index < -0.39 is 23.7 Å². The molecule has 0 bridgehead atoms. The van der Waals surface area contributed by atoms with E-state index in [1.807, 2.05) is 0 Å². The fourth-order valence-corrected chi connectivity index (χ4v) is 4.19. The van der Waals surface area contributed by atoms with E-state index in [1.165, 1.54) is 25.3 Å². The Balaban J connectivity index is 1.86. The number of rotatable bonds is 9. The minimum absolute atomic E-state index is 0.0145. The van der Waals surface area contributed by atoms with E-state index in [-0.39, 0.29) is 12.0 Å². The lowest BCUT2D eigenvalue weighted by Gasteiger charge is -2.38. The summed E-state index contributed by atoms with van der Waals surface area (Å²) in [4.78, 5) is 11.9. The van der Waals surface area contributed by atoms with Gasteiger partial charge in [0, 0.05) is 12.0 Å². The molecule has 0 spiro atoms. The summed E-state index contributed by atoms with van der Waals surface area (Å²) in [6.45, 7) is 6.04. The molecule has 0 aromatic heterocycles. The number of fused-ring (bicyclic) bond motifs is 1. The van der Waals surface area contributed by atoms with Crippen LogP contribution in [0.15, 0.2) is 36.4 Å². The monoisotopic (exact) mass is 436 g/mol. The number of benzene rings is 2. The van der Waals surface area contributed by atoms with Gasteiger partial charge in [-0.15, -0.1) is 0 Å². The molecule has 1 unspecified atom stereocenters. The standard InChI is InChI=1S/C24H31F3N2O2/c1-4-5-6-7-8-14-31-18-12-13-19-17(15-18)10-9-11-20(19)22(24(25,26)27)29-23(2,3)16-21(30)28-29/h9-13,15,22H,4-8,14,16H2,1-3H3,(H,28,30). The summed E-state index contributed by atoms with van der Waals surface area (Å²) in [5, 5.41) is 2.22. The van der Waals surface area contributed by atoms with Crippen LogP contribution >= 0.6 is 0 Å². The average Bonchev–Trinajstić information content (AvgIpc) is 2.95. The van der Waals surface area contributed by atoms with Crippen molar-refractivity contribution in [3.63, 3.8) is 0 Å². The zero-order valence-electron chi connectivity index (χ0n) is 18.4. The van der Waals surface area contributed by atoms with E-state index in [1.54, 1.807) is 44.2 Å². The number of carbonyl (C=O) groups excluding carboxylic acids is 1. The van der Waals surface area contributed by atoms with Crippen molar-refractivity contribution >= 4 is 16.7 Å². The van der Waals surface area contributed by atoms with E-state index in [0.717, 1.165) is 17.9 Å². The minimum atomic E-state index is -4.56. The summed E-state index contributed by atoms with van der Waals surface area (Å²) in [6.07, 6.45) is 1.10. The van der Waals surface area contributed by atoms with Crippen molar-refractivity contribution < 1.29 is 22.7 Å². The molecule has 31 heavy (non-hydrogen) atoms. The number of hydrogen-bond donors (Lipinski definition) is 1. The highest BCUT2D eigenvalue weighted by molar-refractivity contribution is 5.87. The highest BCUT2D eigenvalue weighted by atomic mass is 19.4. The van der Waals surface area contributed by atoms with Gasteiger partial charge < -0.3 is 4.74 Å². The quantitative estimate of drug-likeness (QED) is 0.469. The number of carbonyl (C=O) groups is 1. The van der Waals surface area contributed by atoms with E-state index in [2.05, 4.69) is 12.3 Å². The van der Waals surface area contributed by atoms with Gasteiger partial charge in [-0.2, -0.15) is 18.2 Å². The van der Waals surface area contributed by atoms with E-state index in [0.29, 0.717) is 23.1 Å². The number of alkyl halides is 3. The molecule has 0 aliphatic carbocycles. The van der Waals surface area contributed by atoms with Gasteiger partial charge >= 0.3 is 6.18 Å². The van der Waals surface area contributed by atoms with Gasteiger partial charge in [0.2, 0.25) is 5.91 Å². The molecule has 1 N–H and O–H groups in total. The van der Waals surface area contributed by atoms with Crippen LogP contribution < -0.4 is 10.2 Å². The molecule has 1 aliphatic heterocycles. The third-order valence-corrected chi connectivity index (χ3v) is 5.76. The lowest BCUT2D eigenvalue weighted by Crippen LogP contribution is -2.51. The molecule has 1 atom stereocenters. The second-order valence-corrected chi connectivity index (χ2v) is 8.83. The van der Waals surface area contributed by atoms with Crippen LogP contribution in [-0.4, -0.2) is 29.2 Å². The Morgan fingerprint density at radius 1 is 1.13 bits per heavy atom. The topological polar surface area (TPSA) is 41.6 Å². The summed E-state index contributed by atoms with van der Waals surface area (Å²) in [7, 11) is 0. The molecule has 0 radical (unpaired) electrons. The number of unbranched alkanes of at least 4 members (excludes halogenated alkanes) is 4. The number of nitrogens with one attached hydrogen (secondary N) is 1. The summed E-state index contributed by atoms with van der Waals surface area (Å²) >= 11 is 0. The number of hydrogen-bond acceptors (Lipinski definition) is 3. The molecule has 3 rings (SSSR count). The Morgan fingerprint density at radius 2 is 1.87 bits per heavy atom. The Morgan fingerprint density at radius 3 is 2.52 bits per heavy atom. The summed E-state index contributed by atoms with van der Waals surface area (Å²) in [5.74, 6) is 0.243. The van der Waals surface area contributed by atoms with E-state index >= 15 is 0 Å². The van der Waals surface area contributed by atoms with Gasteiger partial charge in [0.1, 0.15) is 5.75 Å². The van der Waals surface area contributed by atoms with Crippen LogP contribution in [0.3, 0.4) is 0 Å². The first-order valence-electron chi connectivity index (χ1n) is 10.9. The van der Waals surface area contributed by atoms with Crippen LogP contribution in [0.5, 0.6) is 5.75 Å². The van der Waals surface area contributed by atoms with Gasteiger partial charge in [-0.1, -0.05) is 56.9 Å². The van der Waals surface area contributed by atoms with Crippen LogP contribution in [-0.2, 0) is 4.79 Å². The van der Waals surface area contributed by atoms with Gasteiger partial charge in [0.25, 0.3) is 0 Å². The second-order valence-electron chi connectivity index (χ2n) is 8.83. The van der Waals surface area contributed by atoms with Gasteiger partial charge in [-0.25, -0.2) is 0 Å². The van der Waals surface area contributed by atoms with Crippen LogP contribution in [0.1, 0.15) is 70.9 Å². The van der Waals surface area contributed by atoms with Crippen LogP contribution in [0.4, 0.5) is 13.2 Å². The third kappa shape index (κ3) is 5.50. The average molecular weight is 437 g/mol. The highest BCUT2D eigenvalue weighted by Crippen LogP contribution is 2.44. The second kappa shape index (κ2) is 9.47. The molecule has 1 aliphatic rings. The largest absolute Gasteiger partial charge is 0.494 e. The first-order chi connectivity index (χ1) is 14.6. The molecular weight excluding hydrogens is 405 g/mol. The molecule has 2 aromatic rings. The zero-order valence-corrected chi connectivity index (χ0v) is 18.4. The van der Waals surface area contributed by atoms with Crippen LogP contribution in [0.2, 0.25) is 0 Å². The SMILES string of the molecule is CCCCCCCOc1ccc2c(C(N3NC(=O)CC3(C)C)C(F)(F)F)cccc2c1. The Bertz CT molecular complexity index is 911. The van der Waals surface area contributed by atoms with Crippen molar-refractivity contribution in [3.05, 3.63) is 42.0 Å². The zero-order chi connectivity index (χ0) is 22.6. The van der Waals surface area contributed by atoms with Crippen molar-refractivity contribution in [2.24, 2.45) is 0 Å². The molecule has 1 fully saturated rings. The maximum absolute atomic E-state index is 14.2. The predicted molar refractivity (Wildman–Crippen MR) is 116 cm³/mol. The number of hydrazine groups is 1. The number of ether oxygens (including phenoxy) is 1. The van der Waals surface area contributed by atoms with Crippen molar-refractivity contribution in [3.8, 4) is 5.75 Å². The normalized spacial score (nSPS) is 17.7. The summed E-state index contributed by atoms with van der Waals surface area (Å²) in [6, 6.07) is 8.13. The molecule has 170 valence electrons. The maximum atomic E-state index is 14.2. The molecule has 2 aromatic carbocycles. The van der Waals surface area contributed by atoms with Gasteiger partial charge in [0.05, 0.1) is 6.61 Å². The van der Waals surface area contributed by atoms with E-state index in [4.69, 9.17) is 4.74 Å². The lowest BCUT2D eigenvalue weighted by molar-refractivity contribution is -0.203. The highest BCUT2D eigenvalue weighted by Gasteiger charge is 2.53. The Kier molecular flexibility index (Phi) is 7.14. The number of nitrogens with zero attached hydrogens (tertiary/aromatic N) is 1. The first-order valence-corrected chi connectivity index (χ1v) is 10.9. The number of halogens is 3. The van der Waals surface area contributed by atoms with Gasteiger partial charge in [0.15, 0.2) is 6.04 Å². The Hall–Kier alpha value is -2.28. The summed E-state index contributed by atoms with van der Waals surface area (Å²) < 4.78 is 48.5. The molecule has 7 heteroatoms. The van der Waals surface area contributed by atoms with E-state index in [9.17, 15) is 18.0 Å². The fourth-order valence-electron chi connectivity index (χ4n) is 4.19.